The summed E-state index contributed by atoms with van der Waals surface area (Å²) in [6.45, 7) is 20.1. The van der Waals surface area contributed by atoms with Crippen LogP contribution < -0.4 is 0 Å². The molecule has 0 bridgehead atoms. The molecule has 1 fully saturated rings. The molecule has 27 heavy (non-hydrogen) atoms. The largest absolute Gasteiger partial charge is 0.476 e. The van der Waals surface area contributed by atoms with Crippen molar-refractivity contribution in [3.05, 3.63) is 22.9 Å². The van der Waals surface area contributed by atoms with E-state index in [0.717, 1.165) is 5.57 Å². The number of ether oxygens (including phenoxy) is 1. The summed E-state index contributed by atoms with van der Waals surface area (Å²) in [6, 6.07) is 0. The Hall–Kier alpha value is -0.403. The minimum atomic E-state index is -2.01. The Morgan fingerprint density at radius 2 is 1.89 bits per heavy atom. The summed E-state index contributed by atoms with van der Waals surface area (Å²) in [6.07, 6.45) is -0.271. The summed E-state index contributed by atoms with van der Waals surface area (Å²) in [5.41, 5.74) is 0.821. The molecule has 1 rings (SSSR count). The highest BCUT2D eigenvalue weighted by atomic mass is 35.5. The minimum absolute atomic E-state index is 0.0555. The van der Waals surface area contributed by atoms with Crippen molar-refractivity contribution >= 4 is 54.7 Å². The third-order valence-corrected chi connectivity index (χ3v) is 10.6. The van der Waals surface area contributed by atoms with Crippen LogP contribution >= 0.6 is 35.4 Å². The van der Waals surface area contributed by atoms with Crippen LogP contribution in [0.5, 0.6) is 0 Å². The van der Waals surface area contributed by atoms with Gasteiger partial charge in [-0.2, -0.15) is 0 Å². The van der Waals surface area contributed by atoms with Crippen LogP contribution in [0.1, 0.15) is 41.5 Å². The SMILES string of the molecule is C=C(Cl)COC(=S)C(=C(C)C)N1C(=O)[C@H]([C@@H](C)O[Si](C)(C)C(C)(C)C)[C@H]1Cl. The van der Waals surface area contributed by atoms with E-state index in [1.54, 1.807) is 0 Å². The lowest BCUT2D eigenvalue weighted by Crippen LogP contribution is -2.63. The van der Waals surface area contributed by atoms with Gasteiger partial charge in [0.1, 0.15) is 12.1 Å². The van der Waals surface area contributed by atoms with Crippen molar-refractivity contribution < 1.29 is 14.0 Å². The van der Waals surface area contributed by atoms with Gasteiger partial charge in [-0.1, -0.05) is 50.6 Å². The second-order valence-electron chi connectivity index (χ2n) is 8.63. The van der Waals surface area contributed by atoms with Gasteiger partial charge in [-0.25, -0.2) is 0 Å². The number of β-lactam (4-membered cyclic amide) rings is 1. The van der Waals surface area contributed by atoms with E-state index in [9.17, 15) is 4.79 Å². The Morgan fingerprint density at radius 3 is 2.26 bits per heavy atom. The summed E-state index contributed by atoms with van der Waals surface area (Å²) >= 11 is 17.7. The Kier molecular flexibility index (Phi) is 8.17. The summed E-state index contributed by atoms with van der Waals surface area (Å²) in [5, 5.41) is 0.573. The molecule has 1 aliphatic heterocycles. The molecule has 0 saturated carbocycles. The van der Waals surface area contributed by atoms with Crippen LogP contribution in [0.2, 0.25) is 18.1 Å². The maximum Gasteiger partial charge on any atom is 0.237 e. The fourth-order valence-corrected chi connectivity index (χ4v) is 4.96. The second kappa shape index (κ2) is 8.95. The number of halogens is 2. The lowest BCUT2D eigenvalue weighted by atomic mass is 9.91. The molecule has 0 radical (unpaired) electrons. The fourth-order valence-electron chi connectivity index (χ4n) is 2.61. The number of rotatable bonds is 7. The Balaban J connectivity index is 2.95. The summed E-state index contributed by atoms with van der Waals surface area (Å²) in [5.74, 6) is -0.519. The molecule has 3 atom stereocenters. The van der Waals surface area contributed by atoms with Crippen molar-refractivity contribution in [2.24, 2.45) is 5.92 Å². The predicted molar refractivity (Wildman–Crippen MR) is 120 cm³/mol. The zero-order chi connectivity index (χ0) is 21.3. The van der Waals surface area contributed by atoms with E-state index >= 15 is 0 Å². The Labute approximate surface area is 180 Å². The van der Waals surface area contributed by atoms with Gasteiger partial charge in [0.05, 0.1) is 17.7 Å². The third kappa shape index (κ3) is 5.57. The lowest BCUT2D eigenvalue weighted by molar-refractivity contribution is -0.152. The molecule has 0 aliphatic carbocycles. The highest BCUT2D eigenvalue weighted by Gasteiger charge is 2.53. The van der Waals surface area contributed by atoms with Gasteiger partial charge in [0, 0.05) is 5.03 Å². The van der Waals surface area contributed by atoms with Crippen molar-refractivity contribution in [1.82, 2.24) is 4.90 Å². The highest BCUT2D eigenvalue weighted by Crippen LogP contribution is 2.42. The number of likely N-dealkylation sites (tertiary alicyclic amines) is 1. The van der Waals surface area contributed by atoms with Crippen molar-refractivity contribution in [3.63, 3.8) is 0 Å². The van der Waals surface area contributed by atoms with Crippen LogP contribution in [0, 0.1) is 5.92 Å². The molecule has 1 saturated heterocycles. The highest BCUT2D eigenvalue weighted by molar-refractivity contribution is 7.80. The normalized spacial score (nSPS) is 21.4. The Bertz CT molecular complexity index is 654. The molecule has 0 unspecified atom stereocenters. The molecule has 0 aromatic heterocycles. The average molecular weight is 453 g/mol. The predicted octanol–water partition coefficient (Wildman–Crippen LogP) is 5.81. The first-order valence-electron chi connectivity index (χ1n) is 8.94. The van der Waals surface area contributed by atoms with Crippen molar-refractivity contribution in [1.29, 1.82) is 0 Å². The topological polar surface area (TPSA) is 38.8 Å². The molecule has 1 amide bonds. The van der Waals surface area contributed by atoms with Crippen molar-refractivity contribution in [2.45, 2.75) is 71.3 Å². The van der Waals surface area contributed by atoms with E-state index in [1.165, 1.54) is 4.90 Å². The maximum absolute atomic E-state index is 12.9. The molecule has 1 aliphatic rings. The van der Waals surface area contributed by atoms with E-state index in [4.69, 9.17) is 44.6 Å². The number of hydrogen-bond donors (Lipinski definition) is 0. The Morgan fingerprint density at radius 1 is 1.37 bits per heavy atom. The summed E-state index contributed by atoms with van der Waals surface area (Å²) < 4.78 is 11.8. The zero-order valence-electron chi connectivity index (χ0n) is 17.5. The lowest BCUT2D eigenvalue weighted by Gasteiger charge is -2.49. The first-order valence-corrected chi connectivity index (χ1v) is 13.1. The first-order chi connectivity index (χ1) is 12.1. The molecule has 4 nitrogen and oxygen atoms in total. The molecule has 0 aromatic carbocycles. The van der Waals surface area contributed by atoms with Crippen molar-refractivity contribution in [2.75, 3.05) is 6.61 Å². The average Bonchev–Trinajstić information content (AvgIpc) is 2.48. The first kappa shape index (κ1) is 24.6. The van der Waals surface area contributed by atoms with E-state index < -0.39 is 19.7 Å². The molecule has 0 aromatic rings. The van der Waals surface area contributed by atoms with Gasteiger partial charge in [0.25, 0.3) is 0 Å². The van der Waals surface area contributed by atoms with Gasteiger partial charge >= 0.3 is 0 Å². The van der Waals surface area contributed by atoms with Crippen LogP contribution in [-0.2, 0) is 14.0 Å². The molecular formula is C19H31Cl2NO3SSi. The standard InChI is InChI=1S/C19H31Cl2NO3SSi/c1-11(2)15(18(26)24-10-12(3)20)22-16(21)14(17(22)23)13(4)25-27(8,9)19(5,6)7/h13-14,16H,3,10H2,1-2,4-9H3/t13-,14-,16+/m1/s1. The second-order valence-corrected chi connectivity index (χ2v) is 14.7. The molecule has 8 heteroatoms. The van der Waals surface area contributed by atoms with Gasteiger partial charge in [-0.15, -0.1) is 0 Å². The number of thiocarbonyl (C=S) groups is 1. The number of allylic oxidation sites excluding steroid dienone is 1. The quantitative estimate of drug-likeness (QED) is 0.122. The van der Waals surface area contributed by atoms with E-state index in [1.807, 2.05) is 20.8 Å². The van der Waals surface area contributed by atoms with Gasteiger partial charge in [0.2, 0.25) is 11.0 Å². The monoisotopic (exact) mass is 451 g/mol. The van der Waals surface area contributed by atoms with Crippen LogP contribution in [0.15, 0.2) is 22.9 Å². The van der Waals surface area contributed by atoms with Gasteiger partial charge in [-0.3, -0.25) is 9.69 Å². The summed E-state index contributed by atoms with van der Waals surface area (Å²) in [7, 11) is -2.01. The van der Waals surface area contributed by atoms with Crippen LogP contribution in [-0.4, -0.2) is 42.4 Å². The maximum atomic E-state index is 12.9. The molecule has 0 spiro atoms. The van der Waals surface area contributed by atoms with E-state index in [-0.39, 0.29) is 28.7 Å². The fraction of sp³-hybridized carbons (Fsp3) is 0.684. The molecule has 154 valence electrons. The molecular weight excluding hydrogens is 421 g/mol. The number of carbonyl (C=O) groups is 1. The van der Waals surface area contributed by atoms with Crippen LogP contribution in [0.25, 0.3) is 0 Å². The molecule has 1 heterocycles. The smallest absolute Gasteiger partial charge is 0.237 e. The molecule has 0 N–H and O–H groups in total. The van der Waals surface area contributed by atoms with Crippen LogP contribution in [0.3, 0.4) is 0 Å². The number of carbonyl (C=O) groups excluding carboxylic acids is 1. The van der Waals surface area contributed by atoms with Gasteiger partial charge in [-0.05, 0) is 56.7 Å². The van der Waals surface area contributed by atoms with Crippen LogP contribution in [0.4, 0.5) is 0 Å². The van der Waals surface area contributed by atoms with Crippen molar-refractivity contribution in [3.8, 4) is 0 Å². The van der Waals surface area contributed by atoms with Gasteiger partial charge < -0.3 is 9.16 Å². The number of alkyl halides is 1. The summed E-state index contributed by atoms with van der Waals surface area (Å²) in [4.78, 5) is 14.4. The third-order valence-electron chi connectivity index (χ3n) is 5.13. The number of nitrogens with zero attached hydrogens (tertiary/aromatic N) is 1. The zero-order valence-corrected chi connectivity index (χ0v) is 20.8. The van der Waals surface area contributed by atoms with E-state index in [0.29, 0.717) is 10.7 Å². The number of hydrogen-bond acceptors (Lipinski definition) is 4. The number of amides is 1. The van der Waals surface area contributed by atoms with E-state index in [2.05, 4.69) is 40.4 Å². The van der Waals surface area contributed by atoms with Gasteiger partial charge in [0.15, 0.2) is 8.32 Å². The minimum Gasteiger partial charge on any atom is -0.476 e.